The summed E-state index contributed by atoms with van der Waals surface area (Å²) in [7, 11) is 0. The van der Waals surface area contributed by atoms with Crippen molar-refractivity contribution in [1.82, 2.24) is 0 Å². The number of rotatable bonds is 16. The molecule has 0 aliphatic rings. The van der Waals surface area contributed by atoms with E-state index in [0.717, 1.165) is 12.8 Å². The van der Waals surface area contributed by atoms with Crippen molar-refractivity contribution in [2.75, 3.05) is 19.8 Å². The third-order valence-corrected chi connectivity index (χ3v) is 5.89. The first-order chi connectivity index (χ1) is 18.8. The highest BCUT2D eigenvalue weighted by molar-refractivity contribution is 5.76. The maximum atomic E-state index is 12.4. The molecule has 0 heterocycles. The van der Waals surface area contributed by atoms with Gasteiger partial charge in [0, 0.05) is 6.42 Å². The monoisotopic (exact) mass is 567 g/mol. The van der Waals surface area contributed by atoms with Gasteiger partial charge in [-0.05, 0) is 48.8 Å². The molecule has 0 bridgehead atoms. The number of hydrogen-bond acceptors (Lipinski definition) is 11. The highest BCUT2D eigenvalue weighted by atomic mass is 16.7. The van der Waals surface area contributed by atoms with E-state index in [4.69, 9.17) is 34.2 Å². The van der Waals surface area contributed by atoms with Gasteiger partial charge < -0.3 is 34.2 Å². The minimum Gasteiger partial charge on any atom is -0.461 e. The second-order valence-corrected chi connectivity index (χ2v) is 10.5. The average molecular weight is 568 g/mol. The van der Waals surface area contributed by atoms with Crippen LogP contribution in [0, 0.1) is 17.8 Å². The van der Waals surface area contributed by atoms with Crippen LogP contribution in [0.15, 0.2) is 18.2 Å². The molecule has 0 saturated heterocycles. The SMILES string of the molecule is CCC(C)COC(=O)Oc1ccc(C[C@H](N)C(=O)OC[C@H](C)OC(=O)CC(C)C)cc1OC(=O)OCC(C)CC. The lowest BCUT2D eigenvalue weighted by Crippen LogP contribution is -2.36. The average Bonchev–Trinajstić information content (AvgIpc) is 2.89. The van der Waals surface area contributed by atoms with Crippen molar-refractivity contribution in [1.29, 1.82) is 0 Å². The van der Waals surface area contributed by atoms with Gasteiger partial charge in [0.1, 0.15) is 18.8 Å². The van der Waals surface area contributed by atoms with Crippen LogP contribution >= 0.6 is 0 Å². The lowest BCUT2D eigenvalue weighted by Gasteiger charge is -2.17. The summed E-state index contributed by atoms with van der Waals surface area (Å²) in [4.78, 5) is 48.7. The summed E-state index contributed by atoms with van der Waals surface area (Å²) in [6.45, 7) is 13.4. The highest BCUT2D eigenvalue weighted by Gasteiger charge is 2.22. The van der Waals surface area contributed by atoms with Crippen molar-refractivity contribution in [3.8, 4) is 11.5 Å². The Hall–Kier alpha value is -3.34. The van der Waals surface area contributed by atoms with Crippen molar-refractivity contribution in [2.45, 2.75) is 86.3 Å². The van der Waals surface area contributed by atoms with E-state index in [0.29, 0.717) is 5.56 Å². The summed E-state index contributed by atoms with van der Waals surface area (Å²) in [5, 5.41) is 0. The molecule has 1 rings (SSSR count). The Morgan fingerprint density at radius 2 is 1.32 bits per heavy atom. The van der Waals surface area contributed by atoms with E-state index in [9.17, 15) is 19.2 Å². The molecule has 1 aromatic carbocycles. The van der Waals surface area contributed by atoms with Gasteiger partial charge in [0.05, 0.1) is 13.2 Å². The minimum atomic E-state index is -1.06. The van der Waals surface area contributed by atoms with E-state index in [1.807, 2.05) is 41.5 Å². The van der Waals surface area contributed by atoms with E-state index in [1.165, 1.54) is 12.1 Å². The molecule has 4 atom stereocenters. The van der Waals surface area contributed by atoms with Gasteiger partial charge in [-0.1, -0.05) is 60.5 Å². The molecule has 226 valence electrons. The molecular formula is C29H45NO10. The van der Waals surface area contributed by atoms with E-state index in [1.54, 1.807) is 13.0 Å². The van der Waals surface area contributed by atoms with E-state index >= 15 is 0 Å². The molecule has 11 heteroatoms. The van der Waals surface area contributed by atoms with Crippen LogP contribution in [0.2, 0.25) is 0 Å². The van der Waals surface area contributed by atoms with E-state index in [-0.39, 0.29) is 67.9 Å². The molecule has 2 N–H and O–H groups in total. The predicted octanol–water partition coefficient (Wildman–Crippen LogP) is 5.20. The molecule has 0 amide bonds. The second kappa shape index (κ2) is 18.1. The summed E-state index contributed by atoms with van der Waals surface area (Å²) < 4.78 is 31.3. The van der Waals surface area contributed by atoms with Crippen molar-refractivity contribution in [2.24, 2.45) is 23.5 Å². The molecule has 0 aliphatic heterocycles. The first kappa shape index (κ1) is 34.7. The Balaban J connectivity index is 2.88. The predicted molar refractivity (Wildman–Crippen MR) is 147 cm³/mol. The fraction of sp³-hybridized carbons (Fsp3) is 0.655. The van der Waals surface area contributed by atoms with Gasteiger partial charge in [0.25, 0.3) is 0 Å². The molecule has 0 radical (unpaired) electrons. The van der Waals surface area contributed by atoms with E-state index in [2.05, 4.69) is 0 Å². The minimum absolute atomic E-state index is 0.0252. The highest BCUT2D eigenvalue weighted by Crippen LogP contribution is 2.30. The summed E-state index contributed by atoms with van der Waals surface area (Å²) in [6, 6.07) is 3.34. The lowest BCUT2D eigenvalue weighted by molar-refractivity contribution is -0.159. The largest absolute Gasteiger partial charge is 0.513 e. The Morgan fingerprint density at radius 1 is 0.775 bits per heavy atom. The number of carbonyl (C=O) groups excluding carboxylic acids is 4. The molecular weight excluding hydrogens is 522 g/mol. The van der Waals surface area contributed by atoms with E-state index < -0.39 is 30.4 Å². The van der Waals surface area contributed by atoms with Crippen LogP contribution in [-0.2, 0) is 35.0 Å². The number of ether oxygens (including phenoxy) is 6. The molecule has 0 saturated carbocycles. The Kier molecular flexibility index (Phi) is 15.7. The number of carbonyl (C=O) groups is 4. The maximum Gasteiger partial charge on any atom is 0.513 e. The van der Waals surface area contributed by atoms with Crippen LogP contribution in [-0.4, -0.2) is 56.2 Å². The molecule has 40 heavy (non-hydrogen) atoms. The number of benzene rings is 1. The second-order valence-electron chi connectivity index (χ2n) is 10.5. The number of nitrogens with two attached hydrogens (primary N) is 1. The van der Waals surface area contributed by atoms with Gasteiger partial charge in [-0.15, -0.1) is 0 Å². The molecule has 0 aromatic heterocycles. The van der Waals surface area contributed by atoms with Crippen LogP contribution in [0.1, 0.15) is 73.3 Å². The third-order valence-electron chi connectivity index (χ3n) is 5.89. The van der Waals surface area contributed by atoms with Crippen molar-refractivity contribution in [3.05, 3.63) is 23.8 Å². The lowest BCUT2D eigenvalue weighted by atomic mass is 10.1. The Labute approximate surface area is 236 Å². The van der Waals surface area contributed by atoms with Gasteiger partial charge in [0.15, 0.2) is 11.5 Å². The quantitative estimate of drug-likeness (QED) is 0.159. The molecule has 0 fully saturated rings. The third kappa shape index (κ3) is 14.2. The number of hydrogen-bond donors (Lipinski definition) is 1. The van der Waals surface area contributed by atoms with Crippen LogP contribution in [0.25, 0.3) is 0 Å². The number of esters is 2. The molecule has 2 unspecified atom stereocenters. The maximum absolute atomic E-state index is 12.4. The van der Waals surface area contributed by atoms with Crippen LogP contribution in [0.4, 0.5) is 9.59 Å². The van der Waals surface area contributed by atoms with Crippen LogP contribution in [0.3, 0.4) is 0 Å². The van der Waals surface area contributed by atoms with Crippen LogP contribution < -0.4 is 15.2 Å². The fourth-order valence-corrected chi connectivity index (χ4v) is 3.02. The summed E-state index contributed by atoms with van der Waals surface area (Å²) >= 11 is 0. The zero-order valence-electron chi connectivity index (χ0n) is 24.7. The smallest absolute Gasteiger partial charge is 0.461 e. The summed E-state index contributed by atoms with van der Waals surface area (Å²) in [5.74, 6) is -0.795. The van der Waals surface area contributed by atoms with Gasteiger partial charge in [0.2, 0.25) is 0 Å². The normalized spacial score (nSPS) is 13.9. The molecule has 0 spiro atoms. The Bertz CT molecular complexity index is 964. The summed E-state index contributed by atoms with van der Waals surface area (Å²) in [6.07, 6.45) is -0.620. The molecule has 0 aliphatic carbocycles. The fourth-order valence-electron chi connectivity index (χ4n) is 3.02. The zero-order chi connectivity index (χ0) is 30.2. The van der Waals surface area contributed by atoms with Crippen molar-refractivity contribution in [3.63, 3.8) is 0 Å². The van der Waals surface area contributed by atoms with Gasteiger partial charge >= 0.3 is 24.2 Å². The first-order valence-electron chi connectivity index (χ1n) is 13.8. The summed E-state index contributed by atoms with van der Waals surface area (Å²) in [5.41, 5.74) is 6.54. The first-order valence-corrected chi connectivity index (χ1v) is 13.8. The Morgan fingerprint density at radius 3 is 1.85 bits per heavy atom. The topological polar surface area (TPSA) is 150 Å². The molecule has 11 nitrogen and oxygen atoms in total. The van der Waals surface area contributed by atoms with Gasteiger partial charge in [-0.3, -0.25) is 9.59 Å². The standard InChI is InChI=1S/C29H45NO10/c1-8-19(5)15-36-28(33)39-24-11-10-22(14-25(24)40-29(34)37-16-20(6)9-2)13-23(30)27(32)35-17-21(7)38-26(31)12-18(3)4/h10-11,14,18-21,23H,8-9,12-13,15-17,30H2,1-7H3/t19?,20?,21-,23-/m0/s1. The van der Waals surface area contributed by atoms with Gasteiger partial charge in [-0.2, -0.15) is 0 Å². The zero-order valence-corrected chi connectivity index (χ0v) is 24.7. The van der Waals surface area contributed by atoms with Crippen molar-refractivity contribution < 1.29 is 47.6 Å². The van der Waals surface area contributed by atoms with Crippen molar-refractivity contribution >= 4 is 24.2 Å². The van der Waals surface area contributed by atoms with Gasteiger partial charge in [-0.25, -0.2) is 9.59 Å². The van der Waals surface area contributed by atoms with Crippen LogP contribution in [0.5, 0.6) is 11.5 Å². The molecule has 1 aromatic rings.